The standard InChI is InChI=1S/C15H28N4O2S2.HI/c1-5-16-15(18-12-14-13(3)8-11-22-14)17-9-7-10-19(4)23(20,21)6-2;/h8,11H,5-7,9-10,12H2,1-4H3,(H2,16,17,18);1H. The van der Waals surface area contributed by atoms with Crippen molar-refractivity contribution in [2.45, 2.75) is 33.7 Å². The first-order valence-corrected chi connectivity index (χ1v) is 10.4. The van der Waals surface area contributed by atoms with Crippen molar-refractivity contribution >= 4 is 51.3 Å². The van der Waals surface area contributed by atoms with Gasteiger partial charge in [0, 0.05) is 31.6 Å². The number of halogens is 1. The van der Waals surface area contributed by atoms with E-state index in [1.165, 1.54) is 14.7 Å². The van der Waals surface area contributed by atoms with E-state index in [9.17, 15) is 8.42 Å². The van der Waals surface area contributed by atoms with Gasteiger partial charge in [0.25, 0.3) is 0 Å². The van der Waals surface area contributed by atoms with Crippen LogP contribution in [0.15, 0.2) is 16.4 Å². The molecule has 0 fully saturated rings. The molecule has 0 saturated heterocycles. The Morgan fingerprint density at radius 3 is 2.58 bits per heavy atom. The van der Waals surface area contributed by atoms with Gasteiger partial charge in [-0.25, -0.2) is 17.7 Å². The topological polar surface area (TPSA) is 73.8 Å². The van der Waals surface area contributed by atoms with Gasteiger partial charge in [0.15, 0.2) is 5.96 Å². The van der Waals surface area contributed by atoms with Crippen LogP contribution in [0.5, 0.6) is 0 Å². The fraction of sp³-hybridized carbons (Fsp3) is 0.667. The number of rotatable bonds is 9. The van der Waals surface area contributed by atoms with Gasteiger partial charge in [0.2, 0.25) is 10.0 Å². The maximum Gasteiger partial charge on any atom is 0.213 e. The third-order valence-corrected chi connectivity index (χ3v) is 6.34. The summed E-state index contributed by atoms with van der Waals surface area (Å²) >= 11 is 1.71. The predicted molar refractivity (Wildman–Crippen MR) is 114 cm³/mol. The Morgan fingerprint density at radius 2 is 2.04 bits per heavy atom. The number of guanidine groups is 1. The van der Waals surface area contributed by atoms with E-state index < -0.39 is 10.0 Å². The average Bonchev–Trinajstić information content (AvgIpc) is 2.93. The molecule has 0 spiro atoms. The highest BCUT2D eigenvalue weighted by atomic mass is 127. The molecule has 6 nitrogen and oxygen atoms in total. The first-order valence-electron chi connectivity index (χ1n) is 7.89. The molecule has 140 valence electrons. The third kappa shape index (κ3) is 8.13. The molecule has 0 aliphatic heterocycles. The summed E-state index contributed by atoms with van der Waals surface area (Å²) in [4.78, 5) is 5.83. The molecule has 0 aliphatic carbocycles. The van der Waals surface area contributed by atoms with Crippen LogP contribution in [0.3, 0.4) is 0 Å². The molecule has 0 aliphatic rings. The monoisotopic (exact) mass is 488 g/mol. The zero-order valence-corrected chi connectivity index (χ0v) is 18.8. The van der Waals surface area contributed by atoms with Gasteiger partial charge in [0.05, 0.1) is 12.3 Å². The summed E-state index contributed by atoms with van der Waals surface area (Å²) < 4.78 is 24.7. The smallest absolute Gasteiger partial charge is 0.213 e. The van der Waals surface area contributed by atoms with Crippen LogP contribution in [0.1, 0.15) is 30.7 Å². The molecule has 1 heterocycles. The van der Waals surface area contributed by atoms with Crippen LogP contribution >= 0.6 is 35.3 Å². The van der Waals surface area contributed by atoms with Crippen molar-refractivity contribution in [3.8, 4) is 0 Å². The summed E-state index contributed by atoms with van der Waals surface area (Å²) in [7, 11) is -1.47. The molecule has 0 radical (unpaired) electrons. The maximum atomic E-state index is 11.7. The minimum atomic E-state index is -3.09. The number of thiophene rings is 1. The lowest BCUT2D eigenvalue weighted by molar-refractivity contribution is 0.461. The lowest BCUT2D eigenvalue weighted by atomic mass is 10.3. The Kier molecular flexibility index (Phi) is 11.8. The SMILES string of the molecule is CCNC(=NCc1sccc1C)NCCCN(C)S(=O)(=O)CC.I. The second kappa shape index (κ2) is 12.0. The second-order valence-electron chi connectivity index (χ2n) is 5.22. The molecule has 0 bridgehead atoms. The van der Waals surface area contributed by atoms with Crippen LogP contribution in [0, 0.1) is 6.92 Å². The zero-order valence-electron chi connectivity index (χ0n) is 14.8. The van der Waals surface area contributed by atoms with Crippen molar-refractivity contribution < 1.29 is 8.42 Å². The van der Waals surface area contributed by atoms with E-state index in [1.807, 2.05) is 6.92 Å². The van der Waals surface area contributed by atoms with Crippen LogP contribution < -0.4 is 10.6 Å². The zero-order chi connectivity index (χ0) is 17.3. The highest BCUT2D eigenvalue weighted by molar-refractivity contribution is 14.0. The van der Waals surface area contributed by atoms with Crippen LogP contribution in [0.25, 0.3) is 0 Å². The molecule has 0 saturated carbocycles. The highest BCUT2D eigenvalue weighted by Gasteiger charge is 2.13. The lowest BCUT2D eigenvalue weighted by Crippen LogP contribution is -2.39. The average molecular weight is 488 g/mol. The second-order valence-corrected chi connectivity index (χ2v) is 8.59. The maximum absolute atomic E-state index is 11.7. The van der Waals surface area contributed by atoms with Crippen molar-refractivity contribution in [2.24, 2.45) is 4.99 Å². The Bertz CT molecular complexity index is 602. The minimum Gasteiger partial charge on any atom is -0.357 e. The van der Waals surface area contributed by atoms with Crippen molar-refractivity contribution in [2.75, 3.05) is 32.4 Å². The number of sulfonamides is 1. The van der Waals surface area contributed by atoms with Gasteiger partial charge in [-0.05, 0) is 44.2 Å². The predicted octanol–water partition coefficient (Wildman–Crippen LogP) is 2.40. The fourth-order valence-corrected chi connectivity index (χ4v) is 3.60. The number of aliphatic imine (C=N–C) groups is 1. The molecule has 1 aromatic rings. The van der Waals surface area contributed by atoms with E-state index in [1.54, 1.807) is 25.3 Å². The minimum absolute atomic E-state index is 0. The molecule has 0 atom stereocenters. The van der Waals surface area contributed by atoms with Gasteiger partial charge in [-0.3, -0.25) is 0 Å². The van der Waals surface area contributed by atoms with E-state index in [4.69, 9.17) is 0 Å². The first kappa shape index (κ1) is 23.6. The summed E-state index contributed by atoms with van der Waals surface area (Å²) in [6.07, 6.45) is 0.734. The number of nitrogens with zero attached hydrogens (tertiary/aromatic N) is 2. The first-order chi connectivity index (χ1) is 10.9. The van der Waals surface area contributed by atoms with Gasteiger partial charge in [-0.1, -0.05) is 0 Å². The van der Waals surface area contributed by atoms with Crippen LogP contribution in [0.2, 0.25) is 0 Å². The summed E-state index contributed by atoms with van der Waals surface area (Å²) in [6.45, 7) is 8.40. The van der Waals surface area contributed by atoms with Gasteiger partial charge in [-0.2, -0.15) is 0 Å². The number of nitrogens with one attached hydrogen (secondary N) is 2. The molecule has 1 aromatic heterocycles. The molecule has 1 rings (SSSR count). The Balaban J connectivity index is 0.00000529. The summed E-state index contributed by atoms with van der Waals surface area (Å²) in [6, 6.07) is 2.10. The van der Waals surface area contributed by atoms with Crippen LogP contribution in [-0.4, -0.2) is 51.1 Å². The van der Waals surface area contributed by atoms with Crippen molar-refractivity contribution in [3.63, 3.8) is 0 Å². The van der Waals surface area contributed by atoms with E-state index in [0.717, 1.165) is 18.9 Å². The molecule has 24 heavy (non-hydrogen) atoms. The van der Waals surface area contributed by atoms with Gasteiger partial charge in [0.1, 0.15) is 0 Å². The highest BCUT2D eigenvalue weighted by Crippen LogP contribution is 2.16. The molecular formula is C15H29IN4O2S2. The third-order valence-electron chi connectivity index (χ3n) is 3.48. The van der Waals surface area contributed by atoms with Crippen molar-refractivity contribution in [3.05, 3.63) is 21.9 Å². The number of hydrogen-bond donors (Lipinski definition) is 2. The van der Waals surface area contributed by atoms with E-state index >= 15 is 0 Å². The van der Waals surface area contributed by atoms with Gasteiger partial charge < -0.3 is 10.6 Å². The van der Waals surface area contributed by atoms with E-state index in [2.05, 4.69) is 34.0 Å². The largest absolute Gasteiger partial charge is 0.357 e. The molecule has 0 aromatic carbocycles. The Hall–Kier alpha value is -0.390. The quantitative estimate of drug-likeness (QED) is 0.242. The Morgan fingerprint density at radius 1 is 1.33 bits per heavy atom. The summed E-state index contributed by atoms with van der Waals surface area (Å²) in [5.41, 5.74) is 1.26. The lowest BCUT2D eigenvalue weighted by Gasteiger charge is -2.16. The molecule has 0 amide bonds. The fourth-order valence-electron chi connectivity index (χ4n) is 1.93. The summed E-state index contributed by atoms with van der Waals surface area (Å²) in [5, 5.41) is 8.53. The summed E-state index contributed by atoms with van der Waals surface area (Å²) in [5.74, 6) is 0.905. The van der Waals surface area contributed by atoms with Crippen molar-refractivity contribution in [1.82, 2.24) is 14.9 Å². The Labute approximate surface area is 167 Å². The van der Waals surface area contributed by atoms with Crippen molar-refractivity contribution in [1.29, 1.82) is 0 Å². The van der Waals surface area contributed by atoms with Gasteiger partial charge in [-0.15, -0.1) is 35.3 Å². The van der Waals surface area contributed by atoms with Crippen LogP contribution in [-0.2, 0) is 16.6 Å². The van der Waals surface area contributed by atoms with E-state index in [-0.39, 0.29) is 29.7 Å². The normalized spacial score (nSPS) is 12.1. The molecule has 0 unspecified atom stereocenters. The number of aryl methyl sites for hydroxylation is 1. The van der Waals surface area contributed by atoms with Gasteiger partial charge >= 0.3 is 0 Å². The van der Waals surface area contributed by atoms with E-state index in [0.29, 0.717) is 19.6 Å². The number of hydrogen-bond acceptors (Lipinski definition) is 4. The molecule has 2 N–H and O–H groups in total. The molecular weight excluding hydrogens is 459 g/mol. The molecule has 9 heteroatoms. The van der Waals surface area contributed by atoms with Crippen LogP contribution in [0.4, 0.5) is 0 Å².